The molecule has 0 unspecified atom stereocenters. The largest absolute Gasteiger partial charge is 0.489 e. The van der Waals surface area contributed by atoms with Crippen LogP contribution in [0.15, 0.2) is 46.9 Å². The van der Waals surface area contributed by atoms with Crippen LogP contribution in [0.5, 0.6) is 5.75 Å². The molecule has 3 rings (SSSR count). The van der Waals surface area contributed by atoms with Gasteiger partial charge >= 0.3 is 0 Å². The summed E-state index contributed by atoms with van der Waals surface area (Å²) in [5.41, 5.74) is 1.01. The van der Waals surface area contributed by atoms with Crippen molar-refractivity contribution in [1.29, 1.82) is 0 Å². The molecule has 2 aromatic rings. The third kappa shape index (κ3) is 4.82. The molecule has 5 nitrogen and oxygen atoms in total. The van der Waals surface area contributed by atoms with Crippen molar-refractivity contribution in [3.8, 4) is 5.75 Å². The van der Waals surface area contributed by atoms with E-state index in [9.17, 15) is 14.0 Å². The zero-order valence-corrected chi connectivity index (χ0v) is 15.6. The predicted molar refractivity (Wildman–Crippen MR) is 99.3 cm³/mol. The lowest BCUT2D eigenvalue weighted by Gasteiger charge is -2.15. The molecule has 7 heteroatoms. The number of amides is 2. The number of rotatable bonds is 6. The van der Waals surface area contributed by atoms with Crippen molar-refractivity contribution < 1.29 is 18.7 Å². The standard InChI is InChI=1S/C19H18BrFN2O3/c20-14-7-6-13(17(21)9-14)12-26-16-4-1-3-15(10-16)22-18(24)11-23-8-2-5-19(23)25/h1,3-4,6-7,9-10H,2,5,8,11-12H2,(H,22,24). The highest BCUT2D eigenvalue weighted by Gasteiger charge is 2.22. The number of hydrogen-bond donors (Lipinski definition) is 1. The third-order valence-corrected chi connectivity index (χ3v) is 4.53. The molecule has 0 atom stereocenters. The number of halogens is 2. The first kappa shape index (κ1) is 18.4. The molecule has 1 aliphatic heterocycles. The Morgan fingerprint density at radius 3 is 2.85 bits per heavy atom. The quantitative estimate of drug-likeness (QED) is 0.774. The molecule has 1 N–H and O–H groups in total. The average Bonchev–Trinajstić information content (AvgIpc) is 2.99. The molecule has 0 radical (unpaired) electrons. The Labute approximate surface area is 159 Å². The lowest BCUT2D eigenvalue weighted by atomic mass is 10.2. The number of benzene rings is 2. The van der Waals surface area contributed by atoms with Gasteiger partial charge in [-0.15, -0.1) is 0 Å². The minimum Gasteiger partial charge on any atom is -0.489 e. The van der Waals surface area contributed by atoms with Crippen molar-refractivity contribution in [2.75, 3.05) is 18.4 Å². The molecule has 0 saturated carbocycles. The van der Waals surface area contributed by atoms with E-state index in [0.29, 0.717) is 34.4 Å². The fourth-order valence-electron chi connectivity index (χ4n) is 2.71. The summed E-state index contributed by atoms with van der Waals surface area (Å²) >= 11 is 3.21. The number of carbonyl (C=O) groups excluding carboxylic acids is 2. The second-order valence-corrected chi connectivity index (χ2v) is 6.93. The molecule has 1 heterocycles. The van der Waals surface area contributed by atoms with Crippen LogP contribution in [0.4, 0.5) is 10.1 Å². The third-order valence-electron chi connectivity index (χ3n) is 4.03. The summed E-state index contributed by atoms with van der Waals surface area (Å²) in [5, 5.41) is 2.75. The number of nitrogens with zero attached hydrogens (tertiary/aromatic N) is 1. The number of hydrogen-bond acceptors (Lipinski definition) is 3. The summed E-state index contributed by atoms with van der Waals surface area (Å²) in [6.07, 6.45) is 1.30. The summed E-state index contributed by atoms with van der Waals surface area (Å²) in [7, 11) is 0. The highest BCUT2D eigenvalue weighted by atomic mass is 79.9. The summed E-state index contributed by atoms with van der Waals surface area (Å²) in [6.45, 7) is 0.751. The molecule has 0 aliphatic carbocycles. The molecule has 1 saturated heterocycles. The van der Waals surface area contributed by atoms with Crippen LogP contribution in [0.25, 0.3) is 0 Å². The maximum Gasteiger partial charge on any atom is 0.243 e. The Balaban J connectivity index is 1.57. The molecular weight excluding hydrogens is 403 g/mol. The van der Waals surface area contributed by atoms with Gasteiger partial charge in [0, 0.05) is 34.8 Å². The monoisotopic (exact) mass is 420 g/mol. The highest BCUT2D eigenvalue weighted by Crippen LogP contribution is 2.21. The van der Waals surface area contributed by atoms with Gasteiger partial charge in [-0.3, -0.25) is 9.59 Å². The van der Waals surface area contributed by atoms with Gasteiger partial charge in [0.1, 0.15) is 18.2 Å². The molecular formula is C19H18BrFN2O3. The maximum atomic E-state index is 13.8. The van der Waals surface area contributed by atoms with Crippen molar-refractivity contribution >= 4 is 33.4 Å². The van der Waals surface area contributed by atoms with Crippen LogP contribution < -0.4 is 10.1 Å². The zero-order chi connectivity index (χ0) is 18.5. The van der Waals surface area contributed by atoms with Crippen LogP contribution in [-0.2, 0) is 16.2 Å². The second-order valence-electron chi connectivity index (χ2n) is 6.02. The smallest absolute Gasteiger partial charge is 0.243 e. The molecule has 0 bridgehead atoms. The van der Waals surface area contributed by atoms with Crippen LogP contribution in [0, 0.1) is 5.82 Å². The van der Waals surface area contributed by atoms with Crippen LogP contribution in [0.3, 0.4) is 0 Å². The fraction of sp³-hybridized carbons (Fsp3) is 0.263. The van der Waals surface area contributed by atoms with E-state index in [4.69, 9.17) is 4.74 Å². The van der Waals surface area contributed by atoms with Gasteiger partial charge < -0.3 is 15.0 Å². The van der Waals surface area contributed by atoms with Crippen LogP contribution in [0.2, 0.25) is 0 Å². The maximum absolute atomic E-state index is 13.8. The Hall–Kier alpha value is -2.41. The lowest BCUT2D eigenvalue weighted by molar-refractivity contribution is -0.131. The summed E-state index contributed by atoms with van der Waals surface area (Å²) < 4.78 is 20.1. The number of carbonyl (C=O) groups is 2. The minimum atomic E-state index is -0.348. The predicted octanol–water partition coefficient (Wildman–Crippen LogP) is 3.73. The van der Waals surface area contributed by atoms with E-state index in [1.165, 1.54) is 6.07 Å². The zero-order valence-electron chi connectivity index (χ0n) is 14.0. The van der Waals surface area contributed by atoms with Gasteiger partial charge in [-0.1, -0.05) is 28.1 Å². The van der Waals surface area contributed by atoms with Crippen molar-refractivity contribution in [3.63, 3.8) is 0 Å². The first-order valence-electron chi connectivity index (χ1n) is 8.26. The SMILES string of the molecule is O=C(CN1CCCC1=O)Nc1cccc(OCc2ccc(Br)cc2F)c1. The van der Waals surface area contributed by atoms with E-state index >= 15 is 0 Å². The minimum absolute atomic E-state index is 0.00811. The van der Waals surface area contributed by atoms with Crippen molar-refractivity contribution in [2.45, 2.75) is 19.4 Å². The molecule has 1 fully saturated rings. The van der Waals surface area contributed by atoms with E-state index in [0.717, 1.165) is 6.42 Å². The van der Waals surface area contributed by atoms with Gasteiger partial charge in [0.25, 0.3) is 0 Å². The summed E-state index contributed by atoms with van der Waals surface area (Å²) in [4.78, 5) is 25.2. The van der Waals surface area contributed by atoms with Crippen molar-refractivity contribution in [3.05, 3.63) is 58.3 Å². The van der Waals surface area contributed by atoms with Gasteiger partial charge in [-0.05, 0) is 30.7 Å². The van der Waals surface area contributed by atoms with Gasteiger partial charge in [0.05, 0.1) is 6.54 Å². The molecule has 136 valence electrons. The average molecular weight is 421 g/mol. The molecule has 26 heavy (non-hydrogen) atoms. The Bertz CT molecular complexity index is 828. The van der Waals surface area contributed by atoms with Gasteiger partial charge in [-0.25, -0.2) is 4.39 Å². The summed E-state index contributed by atoms with van der Waals surface area (Å²) in [5.74, 6) is -0.0772. The first-order valence-corrected chi connectivity index (χ1v) is 9.05. The Morgan fingerprint density at radius 1 is 1.27 bits per heavy atom. The Morgan fingerprint density at radius 2 is 2.12 bits per heavy atom. The molecule has 0 aromatic heterocycles. The van der Waals surface area contributed by atoms with Crippen LogP contribution in [-0.4, -0.2) is 29.8 Å². The lowest BCUT2D eigenvalue weighted by Crippen LogP contribution is -2.33. The molecule has 2 aromatic carbocycles. The second kappa shape index (κ2) is 8.31. The van der Waals surface area contributed by atoms with E-state index in [-0.39, 0.29) is 30.8 Å². The van der Waals surface area contributed by atoms with E-state index < -0.39 is 0 Å². The Kier molecular flexibility index (Phi) is 5.88. The van der Waals surface area contributed by atoms with Crippen LogP contribution >= 0.6 is 15.9 Å². The molecule has 1 aliphatic rings. The van der Waals surface area contributed by atoms with Gasteiger partial charge in [-0.2, -0.15) is 0 Å². The van der Waals surface area contributed by atoms with Crippen molar-refractivity contribution in [2.24, 2.45) is 0 Å². The number of likely N-dealkylation sites (tertiary alicyclic amines) is 1. The number of nitrogens with one attached hydrogen (secondary N) is 1. The molecule has 0 spiro atoms. The number of anilines is 1. The fourth-order valence-corrected chi connectivity index (χ4v) is 3.04. The summed E-state index contributed by atoms with van der Waals surface area (Å²) in [6, 6.07) is 11.7. The topological polar surface area (TPSA) is 58.6 Å². The molecule has 2 amide bonds. The number of ether oxygens (including phenoxy) is 1. The van der Waals surface area contributed by atoms with Gasteiger partial charge in [0.15, 0.2) is 0 Å². The van der Waals surface area contributed by atoms with E-state index in [1.54, 1.807) is 41.3 Å². The van der Waals surface area contributed by atoms with Crippen LogP contribution in [0.1, 0.15) is 18.4 Å². The van der Waals surface area contributed by atoms with E-state index in [2.05, 4.69) is 21.2 Å². The normalized spacial score (nSPS) is 13.8. The van der Waals surface area contributed by atoms with Crippen molar-refractivity contribution in [1.82, 2.24) is 4.90 Å². The van der Waals surface area contributed by atoms with E-state index in [1.807, 2.05) is 0 Å². The first-order chi connectivity index (χ1) is 12.5. The highest BCUT2D eigenvalue weighted by molar-refractivity contribution is 9.10. The van der Waals surface area contributed by atoms with Gasteiger partial charge in [0.2, 0.25) is 11.8 Å².